The lowest BCUT2D eigenvalue weighted by atomic mass is 10.0. The van der Waals surface area contributed by atoms with Crippen molar-refractivity contribution in [3.63, 3.8) is 0 Å². The number of hydrogen-bond donors (Lipinski definition) is 1. The largest absolute Gasteiger partial charge is 0.298 e. The van der Waals surface area contributed by atoms with E-state index in [2.05, 4.69) is 10.3 Å². The predicted octanol–water partition coefficient (Wildman–Crippen LogP) is 4.50. The van der Waals surface area contributed by atoms with Crippen LogP contribution in [0.1, 0.15) is 21.5 Å². The van der Waals surface area contributed by atoms with E-state index in [1.54, 1.807) is 5.38 Å². The molecule has 0 saturated heterocycles. The fraction of sp³-hybridized carbons (Fsp3) is 0.111. The number of nitrogens with zero attached hydrogens (tertiary/aromatic N) is 3. The van der Waals surface area contributed by atoms with Crippen LogP contribution in [0.2, 0.25) is 0 Å². The first-order valence-electron chi connectivity index (χ1n) is 8.04. The molecule has 1 aromatic heterocycles. The van der Waals surface area contributed by atoms with Crippen LogP contribution in [0.5, 0.6) is 0 Å². The molecule has 1 amide bonds. The lowest BCUT2D eigenvalue weighted by Crippen LogP contribution is -2.14. The summed E-state index contributed by atoms with van der Waals surface area (Å²) < 4.78 is 0. The van der Waals surface area contributed by atoms with E-state index in [0.29, 0.717) is 5.69 Å². The molecule has 0 atom stereocenters. The first-order chi connectivity index (χ1) is 13.3. The number of non-ortho nitro benzene ring substituents is 1. The second-order valence-electron chi connectivity index (χ2n) is 5.96. The quantitative estimate of drug-likeness (QED) is 0.498. The van der Waals surface area contributed by atoms with Crippen LogP contribution in [0.15, 0.2) is 41.8 Å². The summed E-state index contributed by atoms with van der Waals surface area (Å²) in [7, 11) is 0. The molecule has 3 rings (SSSR count). The molecule has 0 unspecified atom stereocenters. The minimum absolute atomic E-state index is 0.0452. The Balaban J connectivity index is 1.93. The molecule has 1 N–H and O–H groups in total. The van der Waals surface area contributed by atoms with Gasteiger partial charge in [0.15, 0.2) is 5.13 Å². The number of amides is 1. The van der Waals surface area contributed by atoms with Gasteiger partial charge in [-0.05, 0) is 19.4 Å². The second-order valence-corrected chi connectivity index (χ2v) is 6.82. The molecular formula is C18H14N4O5S. The molecule has 1 heterocycles. The molecule has 142 valence electrons. The number of nitro benzene ring substituents is 2. The zero-order valence-corrected chi connectivity index (χ0v) is 15.6. The van der Waals surface area contributed by atoms with Gasteiger partial charge in [-0.2, -0.15) is 0 Å². The summed E-state index contributed by atoms with van der Waals surface area (Å²) in [6, 6.07) is 9.50. The van der Waals surface area contributed by atoms with Crippen molar-refractivity contribution >= 4 is 33.8 Å². The van der Waals surface area contributed by atoms with Crippen molar-refractivity contribution in [1.29, 1.82) is 0 Å². The number of hydrogen-bond acceptors (Lipinski definition) is 7. The number of aryl methyl sites for hydroxylation is 1. The van der Waals surface area contributed by atoms with Gasteiger partial charge in [0.25, 0.3) is 17.3 Å². The number of benzene rings is 2. The Morgan fingerprint density at radius 3 is 2.46 bits per heavy atom. The molecule has 2 aromatic carbocycles. The van der Waals surface area contributed by atoms with Crippen LogP contribution in [0.3, 0.4) is 0 Å². The number of thiazole rings is 1. The highest BCUT2D eigenvalue weighted by Gasteiger charge is 2.25. The number of carbonyl (C=O) groups excluding carboxylic acids is 1. The van der Waals surface area contributed by atoms with Gasteiger partial charge in [0.1, 0.15) is 0 Å². The van der Waals surface area contributed by atoms with Crippen molar-refractivity contribution < 1.29 is 14.6 Å². The van der Waals surface area contributed by atoms with Crippen molar-refractivity contribution in [3.8, 4) is 11.3 Å². The lowest BCUT2D eigenvalue weighted by molar-refractivity contribution is -0.394. The maximum absolute atomic E-state index is 12.6. The Kier molecular flexibility index (Phi) is 5.14. The van der Waals surface area contributed by atoms with Gasteiger partial charge < -0.3 is 0 Å². The van der Waals surface area contributed by atoms with Gasteiger partial charge in [-0.3, -0.25) is 30.3 Å². The smallest absolute Gasteiger partial charge is 0.279 e. The van der Waals surface area contributed by atoms with Crippen molar-refractivity contribution in [3.05, 3.63) is 78.7 Å². The summed E-state index contributed by atoms with van der Waals surface area (Å²) in [5, 5.41) is 26.8. The number of carbonyl (C=O) groups is 1. The summed E-state index contributed by atoms with van der Waals surface area (Å²) in [4.78, 5) is 37.7. The van der Waals surface area contributed by atoms with E-state index in [1.807, 2.05) is 31.2 Å². The van der Waals surface area contributed by atoms with E-state index in [9.17, 15) is 25.0 Å². The van der Waals surface area contributed by atoms with E-state index in [-0.39, 0.29) is 16.3 Å². The van der Waals surface area contributed by atoms with Gasteiger partial charge in [0.05, 0.1) is 27.2 Å². The van der Waals surface area contributed by atoms with Crippen LogP contribution in [-0.4, -0.2) is 20.7 Å². The third-order valence-electron chi connectivity index (χ3n) is 4.16. The fourth-order valence-electron chi connectivity index (χ4n) is 2.69. The topological polar surface area (TPSA) is 128 Å². The van der Waals surface area contributed by atoms with E-state index < -0.39 is 27.1 Å². The average Bonchev–Trinajstić information content (AvgIpc) is 3.09. The molecule has 10 heteroatoms. The molecule has 9 nitrogen and oxygen atoms in total. The molecule has 0 aliphatic rings. The lowest BCUT2D eigenvalue weighted by Gasteiger charge is -2.06. The molecule has 28 heavy (non-hydrogen) atoms. The van der Waals surface area contributed by atoms with Gasteiger partial charge in [0.2, 0.25) is 0 Å². The first kappa shape index (κ1) is 19.1. The zero-order chi connectivity index (χ0) is 20.4. The molecule has 0 bridgehead atoms. The van der Waals surface area contributed by atoms with E-state index in [0.717, 1.165) is 23.3 Å². The minimum Gasteiger partial charge on any atom is -0.298 e. The van der Waals surface area contributed by atoms with E-state index in [4.69, 9.17) is 0 Å². The highest BCUT2D eigenvalue weighted by molar-refractivity contribution is 7.14. The van der Waals surface area contributed by atoms with Crippen LogP contribution < -0.4 is 5.32 Å². The van der Waals surface area contributed by atoms with Crippen LogP contribution in [0.25, 0.3) is 11.3 Å². The molecule has 0 saturated carbocycles. The maximum Gasteiger partial charge on any atom is 0.279 e. The Hall–Kier alpha value is -3.66. The van der Waals surface area contributed by atoms with Crippen LogP contribution in [0, 0.1) is 34.1 Å². The SMILES string of the molecule is Cc1ccccc1-c1csc(NC(=O)c2cc([N+](=O)[O-])cc([N+](=O)[O-])c2C)n1. The molecule has 0 aliphatic heterocycles. The van der Waals surface area contributed by atoms with Crippen molar-refractivity contribution in [2.75, 3.05) is 5.32 Å². The summed E-state index contributed by atoms with van der Waals surface area (Å²) in [6.45, 7) is 3.32. The van der Waals surface area contributed by atoms with E-state index in [1.165, 1.54) is 18.3 Å². The summed E-state index contributed by atoms with van der Waals surface area (Å²) >= 11 is 1.19. The van der Waals surface area contributed by atoms with Gasteiger partial charge in [-0.15, -0.1) is 11.3 Å². The maximum atomic E-state index is 12.6. The number of anilines is 1. The van der Waals surface area contributed by atoms with Crippen molar-refractivity contribution in [2.24, 2.45) is 0 Å². The molecule has 0 radical (unpaired) electrons. The van der Waals surface area contributed by atoms with Crippen molar-refractivity contribution in [2.45, 2.75) is 13.8 Å². The fourth-order valence-corrected chi connectivity index (χ4v) is 3.40. The van der Waals surface area contributed by atoms with E-state index >= 15 is 0 Å². The minimum atomic E-state index is -0.775. The van der Waals surface area contributed by atoms with Crippen LogP contribution in [-0.2, 0) is 0 Å². The first-order valence-corrected chi connectivity index (χ1v) is 8.92. The summed E-state index contributed by atoms with van der Waals surface area (Å²) in [6.07, 6.45) is 0. The predicted molar refractivity (Wildman–Crippen MR) is 105 cm³/mol. The molecule has 0 aliphatic carbocycles. The van der Waals surface area contributed by atoms with Gasteiger partial charge in [-0.25, -0.2) is 4.98 Å². The molecule has 0 spiro atoms. The third kappa shape index (κ3) is 3.71. The van der Waals surface area contributed by atoms with Crippen molar-refractivity contribution in [1.82, 2.24) is 4.98 Å². The highest BCUT2D eigenvalue weighted by atomic mass is 32.1. The Labute approximate surface area is 163 Å². The zero-order valence-electron chi connectivity index (χ0n) is 14.8. The van der Waals surface area contributed by atoms with Crippen LogP contribution in [0.4, 0.5) is 16.5 Å². The number of nitrogens with one attached hydrogen (secondary N) is 1. The number of rotatable bonds is 5. The summed E-state index contributed by atoms with van der Waals surface area (Å²) in [5.41, 5.74) is 1.51. The standard InChI is InChI=1S/C18H14N4O5S/c1-10-5-3-4-6-13(10)15-9-28-18(19-15)20-17(23)14-7-12(21(24)25)8-16(11(14)2)22(26)27/h3-9H,1-2H3,(H,19,20,23). The Morgan fingerprint density at radius 2 is 1.82 bits per heavy atom. The average molecular weight is 398 g/mol. The van der Waals surface area contributed by atoms with Crippen LogP contribution >= 0.6 is 11.3 Å². The van der Waals surface area contributed by atoms with Gasteiger partial charge in [-0.1, -0.05) is 24.3 Å². The highest BCUT2D eigenvalue weighted by Crippen LogP contribution is 2.30. The second kappa shape index (κ2) is 7.53. The Morgan fingerprint density at radius 1 is 1.11 bits per heavy atom. The third-order valence-corrected chi connectivity index (χ3v) is 4.92. The normalized spacial score (nSPS) is 10.5. The molecular weight excluding hydrogens is 384 g/mol. The van der Waals surface area contributed by atoms with Gasteiger partial charge in [0, 0.05) is 22.6 Å². The summed E-state index contributed by atoms with van der Waals surface area (Å²) in [5.74, 6) is -0.699. The molecule has 3 aromatic rings. The van der Waals surface area contributed by atoms with Gasteiger partial charge >= 0.3 is 0 Å². The number of aromatic nitrogens is 1. The monoisotopic (exact) mass is 398 g/mol. The molecule has 0 fully saturated rings. The Bertz CT molecular complexity index is 1110. The number of nitro groups is 2.